The second-order valence-electron chi connectivity index (χ2n) is 5.21. The minimum Gasteiger partial charge on any atom is -0.494 e. The van der Waals surface area contributed by atoms with Crippen LogP contribution < -0.4 is 9.46 Å². The molecule has 0 aromatic heterocycles. The molecule has 128 valence electrons. The van der Waals surface area contributed by atoms with Crippen molar-refractivity contribution in [2.45, 2.75) is 18.1 Å². The molecule has 0 bridgehead atoms. The van der Waals surface area contributed by atoms with Crippen LogP contribution in [-0.4, -0.2) is 28.2 Å². The molecule has 2 aromatic carbocycles. The van der Waals surface area contributed by atoms with Crippen LogP contribution in [0.1, 0.15) is 18.8 Å². The van der Waals surface area contributed by atoms with Crippen molar-refractivity contribution in [2.75, 3.05) is 24.5 Å². The molecule has 0 aliphatic carbocycles. The molecule has 1 heterocycles. The highest BCUT2D eigenvalue weighted by atomic mass is 32.2. The van der Waals surface area contributed by atoms with Crippen molar-refractivity contribution in [3.8, 4) is 5.75 Å². The number of sulfonamides is 1. The van der Waals surface area contributed by atoms with Gasteiger partial charge in [0.25, 0.3) is 10.0 Å². The Balaban J connectivity index is 1.71. The molecule has 0 atom stereocenters. The summed E-state index contributed by atoms with van der Waals surface area (Å²) in [6.07, 6.45) is -0.373. The lowest BCUT2D eigenvalue weighted by molar-refractivity contribution is -0.0441. The van der Waals surface area contributed by atoms with Crippen LogP contribution >= 0.6 is 0 Å². The molecule has 0 saturated carbocycles. The van der Waals surface area contributed by atoms with E-state index >= 15 is 0 Å². The molecule has 0 amide bonds. The number of ether oxygens (including phenoxy) is 3. The van der Waals surface area contributed by atoms with Crippen LogP contribution in [0, 0.1) is 0 Å². The molecular formula is C17H19NO5S. The predicted octanol–water partition coefficient (Wildman–Crippen LogP) is 2.93. The van der Waals surface area contributed by atoms with E-state index in [-0.39, 0.29) is 11.2 Å². The molecule has 1 saturated heterocycles. The van der Waals surface area contributed by atoms with Gasteiger partial charge < -0.3 is 14.2 Å². The van der Waals surface area contributed by atoms with Gasteiger partial charge in [0.1, 0.15) is 5.75 Å². The van der Waals surface area contributed by atoms with E-state index in [1.165, 1.54) is 12.1 Å². The van der Waals surface area contributed by atoms with Crippen molar-refractivity contribution in [3.05, 3.63) is 54.1 Å². The van der Waals surface area contributed by atoms with Crippen molar-refractivity contribution < 1.29 is 22.6 Å². The third-order valence-corrected chi connectivity index (χ3v) is 4.90. The fourth-order valence-corrected chi connectivity index (χ4v) is 3.41. The van der Waals surface area contributed by atoms with Gasteiger partial charge in [0.2, 0.25) is 0 Å². The molecule has 2 aromatic rings. The summed E-state index contributed by atoms with van der Waals surface area (Å²) in [5.41, 5.74) is 1.34. The minimum atomic E-state index is -3.64. The highest BCUT2D eigenvalue weighted by molar-refractivity contribution is 7.92. The monoisotopic (exact) mass is 349 g/mol. The van der Waals surface area contributed by atoms with E-state index < -0.39 is 10.0 Å². The molecule has 1 N–H and O–H groups in total. The number of benzene rings is 2. The number of anilines is 1. The molecule has 24 heavy (non-hydrogen) atoms. The number of nitrogens with one attached hydrogen (secondary N) is 1. The highest BCUT2D eigenvalue weighted by Gasteiger charge is 2.19. The lowest BCUT2D eigenvalue weighted by atomic mass is 10.2. The highest BCUT2D eigenvalue weighted by Crippen LogP contribution is 2.25. The molecule has 6 nitrogen and oxygen atoms in total. The maximum Gasteiger partial charge on any atom is 0.261 e. The Bertz CT molecular complexity index is 766. The zero-order chi connectivity index (χ0) is 17.0. The zero-order valence-corrected chi connectivity index (χ0v) is 14.1. The largest absolute Gasteiger partial charge is 0.494 e. The summed E-state index contributed by atoms with van der Waals surface area (Å²) in [5.74, 6) is 0.636. The molecule has 7 heteroatoms. The molecular weight excluding hydrogens is 330 g/mol. The fourth-order valence-electron chi connectivity index (χ4n) is 2.35. The Morgan fingerprint density at radius 3 is 2.25 bits per heavy atom. The summed E-state index contributed by atoms with van der Waals surface area (Å²) in [6, 6.07) is 13.2. The van der Waals surface area contributed by atoms with Gasteiger partial charge in [-0.25, -0.2) is 8.42 Å². The van der Waals surface area contributed by atoms with E-state index in [1.807, 2.05) is 6.92 Å². The zero-order valence-electron chi connectivity index (χ0n) is 13.3. The van der Waals surface area contributed by atoms with Crippen molar-refractivity contribution in [1.29, 1.82) is 0 Å². The maximum atomic E-state index is 12.4. The van der Waals surface area contributed by atoms with E-state index in [2.05, 4.69) is 4.72 Å². The van der Waals surface area contributed by atoms with Crippen molar-refractivity contribution in [3.63, 3.8) is 0 Å². The first-order valence-corrected chi connectivity index (χ1v) is 9.15. The van der Waals surface area contributed by atoms with E-state index in [0.717, 1.165) is 5.56 Å². The Hall–Kier alpha value is -2.09. The molecule has 1 fully saturated rings. The topological polar surface area (TPSA) is 73.9 Å². The fraction of sp³-hybridized carbons (Fsp3) is 0.294. The van der Waals surface area contributed by atoms with Crippen LogP contribution in [0.3, 0.4) is 0 Å². The first kappa shape index (κ1) is 16.8. The Labute approximate surface area is 141 Å². The molecule has 3 rings (SSSR count). The van der Waals surface area contributed by atoms with Crippen molar-refractivity contribution in [2.24, 2.45) is 0 Å². The van der Waals surface area contributed by atoms with Gasteiger partial charge in [0.15, 0.2) is 6.29 Å². The summed E-state index contributed by atoms with van der Waals surface area (Å²) in [4.78, 5) is 0.178. The van der Waals surface area contributed by atoms with Crippen LogP contribution in [0.5, 0.6) is 5.75 Å². The minimum absolute atomic E-state index is 0.178. The Morgan fingerprint density at radius 1 is 1.04 bits per heavy atom. The SMILES string of the molecule is CCOc1ccc(S(=O)(=O)Nc2ccc(C3OCCO3)cc2)cc1. The van der Waals surface area contributed by atoms with Gasteiger partial charge >= 0.3 is 0 Å². The van der Waals surface area contributed by atoms with Crippen molar-refractivity contribution in [1.82, 2.24) is 0 Å². The van der Waals surface area contributed by atoms with Crippen LogP contribution in [0.25, 0.3) is 0 Å². The smallest absolute Gasteiger partial charge is 0.261 e. The summed E-state index contributed by atoms with van der Waals surface area (Å²) in [5, 5.41) is 0. The average molecular weight is 349 g/mol. The van der Waals surface area contributed by atoms with Crippen molar-refractivity contribution >= 4 is 15.7 Å². The number of hydrogen-bond acceptors (Lipinski definition) is 5. The van der Waals surface area contributed by atoms with Gasteiger partial charge in [0, 0.05) is 11.3 Å². The van der Waals surface area contributed by atoms with E-state index in [0.29, 0.717) is 31.3 Å². The van der Waals surface area contributed by atoms with Gasteiger partial charge in [0.05, 0.1) is 24.7 Å². The average Bonchev–Trinajstić information content (AvgIpc) is 3.10. The quantitative estimate of drug-likeness (QED) is 0.868. The van der Waals surface area contributed by atoms with Gasteiger partial charge in [-0.2, -0.15) is 0 Å². The van der Waals surface area contributed by atoms with E-state index in [1.54, 1.807) is 36.4 Å². The molecule has 0 radical (unpaired) electrons. The summed E-state index contributed by atoms with van der Waals surface area (Å²) in [6.45, 7) is 3.54. The predicted molar refractivity (Wildman–Crippen MR) is 89.5 cm³/mol. The van der Waals surface area contributed by atoms with Gasteiger partial charge in [-0.15, -0.1) is 0 Å². The maximum absolute atomic E-state index is 12.4. The standard InChI is InChI=1S/C17H19NO5S/c1-2-21-15-7-9-16(10-8-15)24(19,20)18-14-5-3-13(4-6-14)17-22-11-12-23-17/h3-10,17-18H,2,11-12H2,1H3. The Morgan fingerprint density at radius 2 is 1.67 bits per heavy atom. The molecule has 0 spiro atoms. The normalized spacial score (nSPS) is 15.4. The number of hydrogen-bond donors (Lipinski definition) is 1. The number of rotatable bonds is 6. The first-order valence-electron chi connectivity index (χ1n) is 7.67. The summed E-state index contributed by atoms with van der Waals surface area (Å²) >= 11 is 0. The lowest BCUT2D eigenvalue weighted by Gasteiger charge is -2.12. The van der Waals surface area contributed by atoms with Gasteiger partial charge in [-0.3, -0.25) is 4.72 Å². The van der Waals surface area contributed by atoms with Crippen LogP contribution in [-0.2, 0) is 19.5 Å². The molecule has 1 aliphatic heterocycles. The second kappa shape index (κ2) is 7.21. The van der Waals surface area contributed by atoms with Crippen LogP contribution in [0.15, 0.2) is 53.4 Å². The summed E-state index contributed by atoms with van der Waals surface area (Å²) < 4.78 is 43.5. The van der Waals surface area contributed by atoms with E-state index in [4.69, 9.17) is 14.2 Å². The third-order valence-electron chi connectivity index (χ3n) is 3.50. The second-order valence-corrected chi connectivity index (χ2v) is 6.89. The van der Waals surface area contributed by atoms with Gasteiger partial charge in [-0.1, -0.05) is 12.1 Å². The van der Waals surface area contributed by atoms with Crippen LogP contribution in [0.2, 0.25) is 0 Å². The van der Waals surface area contributed by atoms with Gasteiger partial charge in [-0.05, 0) is 43.3 Å². The lowest BCUT2D eigenvalue weighted by Crippen LogP contribution is -2.13. The summed E-state index contributed by atoms with van der Waals surface area (Å²) in [7, 11) is -3.64. The first-order chi connectivity index (χ1) is 11.6. The molecule has 0 unspecified atom stereocenters. The van der Waals surface area contributed by atoms with Crippen LogP contribution in [0.4, 0.5) is 5.69 Å². The third kappa shape index (κ3) is 3.87. The Kier molecular flexibility index (Phi) is 5.03. The molecule has 1 aliphatic rings. The van der Waals surface area contributed by atoms with E-state index in [9.17, 15) is 8.42 Å².